The van der Waals surface area contributed by atoms with Gasteiger partial charge in [-0.2, -0.15) is 0 Å². The average Bonchev–Trinajstić information content (AvgIpc) is 2.57. The summed E-state index contributed by atoms with van der Waals surface area (Å²) in [6.45, 7) is 5.48. The molecule has 1 N–H and O–H groups in total. The van der Waals surface area contributed by atoms with Crippen LogP contribution in [0.5, 0.6) is 0 Å². The van der Waals surface area contributed by atoms with Gasteiger partial charge in [-0.05, 0) is 20.6 Å². The minimum Gasteiger partial charge on any atom is -0.378 e. The molecule has 16 heavy (non-hydrogen) atoms. The van der Waals surface area contributed by atoms with E-state index < -0.39 is 0 Å². The number of hydrogen-bond donors (Lipinski definition) is 1. The molecule has 0 saturated carbocycles. The quantitative estimate of drug-likeness (QED) is 0.787. The number of rotatable bonds is 7. The second kappa shape index (κ2) is 6.96. The molecule has 0 bridgehead atoms. The van der Waals surface area contributed by atoms with Crippen LogP contribution in [0.3, 0.4) is 0 Å². The van der Waals surface area contributed by atoms with Gasteiger partial charge in [-0.15, -0.1) is 11.3 Å². The van der Waals surface area contributed by atoms with Crippen LogP contribution in [0, 0.1) is 0 Å². The van der Waals surface area contributed by atoms with Crippen molar-refractivity contribution in [1.29, 1.82) is 0 Å². The van der Waals surface area contributed by atoms with Crippen LogP contribution in [0.1, 0.15) is 22.5 Å². The topological polar surface area (TPSA) is 37.4 Å². The van der Waals surface area contributed by atoms with Crippen LogP contribution in [0.15, 0.2) is 0 Å². The summed E-state index contributed by atoms with van der Waals surface area (Å²) >= 11 is 1.77. The fraction of sp³-hybridized carbons (Fsp3) is 0.727. The highest BCUT2D eigenvalue weighted by Crippen LogP contribution is 2.20. The standard InChI is InChI=1S/C11H21N3OS/c1-5-12-6-10-9(8-15-4)13-11(16-10)7-14(2)3/h12H,5-8H2,1-4H3. The Balaban J connectivity index is 2.73. The Morgan fingerprint density at radius 3 is 2.75 bits per heavy atom. The fourth-order valence-electron chi connectivity index (χ4n) is 1.40. The first kappa shape index (κ1) is 13.6. The lowest BCUT2D eigenvalue weighted by molar-refractivity contribution is 0.181. The van der Waals surface area contributed by atoms with Gasteiger partial charge in [0.05, 0.1) is 12.3 Å². The molecule has 0 amide bonds. The molecule has 0 radical (unpaired) electrons. The van der Waals surface area contributed by atoms with Crippen LogP contribution in [-0.4, -0.2) is 37.6 Å². The Hall–Kier alpha value is -0.490. The molecular formula is C11H21N3OS. The number of ether oxygens (including phenoxy) is 1. The lowest BCUT2D eigenvalue weighted by atomic mass is 10.3. The van der Waals surface area contributed by atoms with Gasteiger partial charge >= 0.3 is 0 Å². The molecule has 4 nitrogen and oxygen atoms in total. The van der Waals surface area contributed by atoms with E-state index in [0.717, 1.165) is 30.3 Å². The van der Waals surface area contributed by atoms with Gasteiger partial charge in [0.2, 0.25) is 0 Å². The molecule has 0 spiro atoms. The van der Waals surface area contributed by atoms with Crippen LogP contribution < -0.4 is 5.32 Å². The average molecular weight is 243 g/mol. The van der Waals surface area contributed by atoms with Gasteiger partial charge < -0.3 is 15.0 Å². The monoisotopic (exact) mass is 243 g/mol. The largest absolute Gasteiger partial charge is 0.378 e. The van der Waals surface area contributed by atoms with E-state index in [9.17, 15) is 0 Å². The summed E-state index contributed by atoms with van der Waals surface area (Å²) in [6.07, 6.45) is 0. The second-order valence-corrected chi connectivity index (χ2v) is 5.10. The Morgan fingerprint density at radius 1 is 1.44 bits per heavy atom. The molecule has 0 fully saturated rings. The summed E-state index contributed by atoms with van der Waals surface area (Å²) in [7, 11) is 5.82. The Bertz CT molecular complexity index is 312. The highest BCUT2D eigenvalue weighted by molar-refractivity contribution is 7.11. The highest BCUT2D eigenvalue weighted by atomic mass is 32.1. The zero-order valence-corrected chi connectivity index (χ0v) is 11.4. The molecule has 1 aromatic heterocycles. The van der Waals surface area contributed by atoms with Crippen LogP contribution in [0.2, 0.25) is 0 Å². The minimum absolute atomic E-state index is 0.602. The van der Waals surface area contributed by atoms with Crippen LogP contribution in [0.4, 0.5) is 0 Å². The minimum atomic E-state index is 0.602. The number of nitrogens with zero attached hydrogens (tertiary/aromatic N) is 2. The number of hydrogen-bond acceptors (Lipinski definition) is 5. The van der Waals surface area contributed by atoms with E-state index in [-0.39, 0.29) is 0 Å². The van der Waals surface area contributed by atoms with Crippen LogP contribution in [0.25, 0.3) is 0 Å². The molecular weight excluding hydrogens is 222 g/mol. The maximum absolute atomic E-state index is 5.17. The van der Waals surface area contributed by atoms with Crippen molar-refractivity contribution in [1.82, 2.24) is 15.2 Å². The van der Waals surface area contributed by atoms with Gasteiger partial charge in [-0.1, -0.05) is 6.92 Å². The zero-order chi connectivity index (χ0) is 12.0. The van der Waals surface area contributed by atoms with E-state index in [1.54, 1.807) is 18.4 Å². The first-order valence-corrected chi connectivity index (χ1v) is 6.30. The maximum Gasteiger partial charge on any atom is 0.107 e. The molecule has 0 aromatic carbocycles. The van der Waals surface area contributed by atoms with Crippen molar-refractivity contribution in [2.24, 2.45) is 0 Å². The van der Waals surface area contributed by atoms with Crippen molar-refractivity contribution in [3.63, 3.8) is 0 Å². The number of methoxy groups -OCH3 is 1. The summed E-state index contributed by atoms with van der Waals surface area (Å²) in [4.78, 5) is 8.03. The van der Waals surface area contributed by atoms with Gasteiger partial charge in [-0.3, -0.25) is 0 Å². The van der Waals surface area contributed by atoms with E-state index in [4.69, 9.17) is 4.74 Å². The maximum atomic E-state index is 5.17. The fourth-order valence-corrected chi connectivity index (χ4v) is 2.56. The first-order valence-electron chi connectivity index (χ1n) is 5.49. The Labute approximate surface area is 102 Å². The molecule has 1 aromatic rings. The van der Waals surface area contributed by atoms with Crippen molar-refractivity contribution in [3.05, 3.63) is 15.6 Å². The van der Waals surface area contributed by atoms with E-state index in [1.807, 2.05) is 0 Å². The molecule has 0 saturated heterocycles. The smallest absolute Gasteiger partial charge is 0.107 e. The molecule has 0 aliphatic carbocycles. The lowest BCUT2D eigenvalue weighted by Crippen LogP contribution is -2.12. The van der Waals surface area contributed by atoms with E-state index in [0.29, 0.717) is 6.61 Å². The third-order valence-electron chi connectivity index (χ3n) is 2.09. The molecule has 92 valence electrons. The number of nitrogens with one attached hydrogen (secondary N) is 1. The Kier molecular flexibility index (Phi) is 5.90. The summed E-state index contributed by atoms with van der Waals surface area (Å²) in [6, 6.07) is 0. The molecule has 1 rings (SSSR count). The van der Waals surface area contributed by atoms with E-state index in [2.05, 4.69) is 36.2 Å². The van der Waals surface area contributed by atoms with Gasteiger partial charge in [0.1, 0.15) is 5.01 Å². The summed E-state index contributed by atoms with van der Waals surface area (Å²) in [5.41, 5.74) is 1.07. The van der Waals surface area contributed by atoms with Crippen LogP contribution in [-0.2, 0) is 24.4 Å². The summed E-state index contributed by atoms with van der Waals surface area (Å²) in [5, 5.41) is 4.49. The predicted molar refractivity (Wildman–Crippen MR) is 67.6 cm³/mol. The molecule has 5 heteroatoms. The van der Waals surface area contributed by atoms with Crippen molar-refractivity contribution in [3.8, 4) is 0 Å². The van der Waals surface area contributed by atoms with E-state index in [1.165, 1.54) is 4.88 Å². The first-order chi connectivity index (χ1) is 7.67. The Morgan fingerprint density at radius 2 is 2.19 bits per heavy atom. The van der Waals surface area contributed by atoms with Gasteiger partial charge in [0, 0.05) is 25.1 Å². The normalized spacial score (nSPS) is 11.3. The molecule has 0 aliphatic rings. The molecule has 0 aliphatic heterocycles. The van der Waals surface area contributed by atoms with Crippen LogP contribution >= 0.6 is 11.3 Å². The predicted octanol–water partition coefficient (Wildman–Crippen LogP) is 1.46. The van der Waals surface area contributed by atoms with Crippen molar-refractivity contribution in [2.75, 3.05) is 27.7 Å². The molecule has 1 heterocycles. The molecule has 0 unspecified atom stereocenters. The van der Waals surface area contributed by atoms with E-state index >= 15 is 0 Å². The second-order valence-electron chi connectivity index (χ2n) is 3.93. The third kappa shape index (κ3) is 4.17. The lowest BCUT2D eigenvalue weighted by Gasteiger charge is -2.04. The van der Waals surface area contributed by atoms with Crippen molar-refractivity contribution < 1.29 is 4.74 Å². The van der Waals surface area contributed by atoms with Crippen molar-refractivity contribution in [2.45, 2.75) is 26.6 Å². The van der Waals surface area contributed by atoms with Crippen molar-refractivity contribution >= 4 is 11.3 Å². The number of aromatic nitrogens is 1. The summed E-state index contributed by atoms with van der Waals surface area (Å²) in [5.74, 6) is 0. The van der Waals surface area contributed by atoms with Gasteiger partial charge in [-0.25, -0.2) is 4.98 Å². The SMILES string of the molecule is CCNCc1sc(CN(C)C)nc1COC. The van der Waals surface area contributed by atoms with Gasteiger partial charge in [0.15, 0.2) is 0 Å². The van der Waals surface area contributed by atoms with Gasteiger partial charge in [0.25, 0.3) is 0 Å². The highest BCUT2D eigenvalue weighted by Gasteiger charge is 2.10. The molecule has 0 atom stereocenters. The zero-order valence-electron chi connectivity index (χ0n) is 10.5. The summed E-state index contributed by atoms with van der Waals surface area (Å²) < 4.78 is 5.17. The third-order valence-corrected chi connectivity index (χ3v) is 3.17. The number of thiazole rings is 1.